The van der Waals surface area contributed by atoms with E-state index in [1.165, 1.54) is 224 Å². The van der Waals surface area contributed by atoms with Crippen LogP contribution in [-0.4, -0.2) is 9.55 Å². The maximum absolute atomic E-state index is 5.01. The van der Waals surface area contributed by atoms with Crippen molar-refractivity contribution in [3.63, 3.8) is 0 Å². The summed E-state index contributed by atoms with van der Waals surface area (Å²) < 4.78 is 2.58. The molecule has 2 nitrogen and oxygen atoms in total. The van der Waals surface area contributed by atoms with Crippen molar-refractivity contribution in [2.75, 3.05) is 0 Å². The van der Waals surface area contributed by atoms with Crippen LogP contribution in [0.2, 0.25) is 0 Å². The molecule has 0 bridgehead atoms. The van der Waals surface area contributed by atoms with E-state index in [1.54, 1.807) is 0 Å². The second-order valence-electron chi connectivity index (χ2n) is 15.0. The highest BCUT2D eigenvalue weighted by Gasteiger charge is 2.19. The van der Waals surface area contributed by atoms with Gasteiger partial charge in [-0.2, -0.15) is 0 Å². The van der Waals surface area contributed by atoms with Crippen LogP contribution in [0.25, 0.3) is 0 Å². The summed E-state index contributed by atoms with van der Waals surface area (Å²) in [6.45, 7) is 9.40. The van der Waals surface area contributed by atoms with Gasteiger partial charge < -0.3 is 4.57 Å². The summed E-state index contributed by atoms with van der Waals surface area (Å²) in [5.41, 5.74) is 0. The molecule has 0 N–H and O–H groups in total. The average Bonchev–Trinajstić information content (AvgIpc) is 3.54. The van der Waals surface area contributed by atoms with Gasteiger partial charge in [0.25, 0.3) is 0 Å². The lowest BCUT2D eigenvalue weighted by molar-refractivity contribution is 0.412. The fourth-order valence-electron chi connectivity index (χ4n) is 7.42. The maximum atomic E-state index is 5.01. The third-order valence-electron chi connectivity index (χ3n) is 10.6. The van der Waals surface area contributed by atoms with E-state index in [0.717, 1.165) is 0 Å². The largest absolute Gasteiger partial charge is 0.332 e. The van der Waals surface area contributed by atoms with Crippen LogP contribution in [0.3, 0.4) is 0 Å². The summed E-state index contributed by atoms with van der Waals surface area (Å²) >= 11 is 0. The molecule has 1 aromatic heterocycles. The van der Waals surface area contributed by atoms with E-state index < -0.39 is 0 Å². The number of unbranched alkanes of at least 4 members (excludes halogenated alkanes) is 28. The van der Waals surface area contributed by atoms with Gasteiger partial charge in [-0.1, -0.05) is 220 Å². The van der Waals surface area contributed by atoms with E-state index in [2.05, 4.69) is 44.7 Å². The van der Waals surface area contributed by atoms with Crippen molar-refractivity contribution in [3.05, 3.63) is 18.2 Å². The zero-order valence-electron chi connectivity index (χ0n) is 31.7. The quantitative estimate of drug-likeness (QED) is 0.0676. The Balaban J connectivity index is 2.29. The Morgan fingerprint density at radius 1 is 0.422 bits per heavy atom. The SMILES string of the molecule is CCCCCCCCCCCCCCCC(CCCCCCC)c1nccn1C(C)CCCCCCCCCCCCCCC. The average molecular weight is 629 g/mol. The molecule has 0 aromatic carbocycles. The number of hydrogen-bond donors (Lipinski definition) is 0. The number of hydrogen-bond acceptors (Lipinski definition) is 1. The highest BCUT2D eigenvalue weighted by molar-refractivity contribution is 5.02. The number of rotatable bonds is 36. The topological polar surface area (TPSA) is 17.8 Å². The predicted molar refractivity (Wildman–Crippen MR) is 204 cm³/mol. The molecule has 0 aliphatic rings. The summed E-state index contributed by atoms with van der Waals surface area (Å²) in [7, 11) is 0. The van der Waals surface area contributed by atoms with E-state index in [4.69, 9.17) is 4.98 Å². The first-order valence-corrected chi connectivity index (χ1v) is 21.3. The molecule has 0 saturated heterocycles. The van der Waals surface area contributed by atoms with Gasteiger partial charge in [0.15, 0.2) is 0 Å². The summed E-state index contributed by atoms with van der Waals surface area (Å²) in [6.07, 6.45) is 52.7. The Hall–Kier alpha value is -0.790. The van der Waals surface area contributed by atoms with Crippen molar-refractivity contribution < 1.29 is 0 Å². The van der Waals surface area contributed by atoms with Crippen molar-refractivity contribution in [3.8, 4) is 0 Å². The molecule has 0 saturated carbocycles. The van der Waals surface area contributed by atoms with Crippen LogP contribution in [0.5, 0.6) is 0 Å². The van der Waals surface area contributed by atoms with Crippen LogP contribution in [0, 0.1) is 0 Å². The first-order chi connectivity index (χ1) is 22.2. The Morgan fingerprint density at radius 2 is 0.711 bits per heavy atom. The zero-order chi connectivity index (χ0) is 32.5. The molecule has 2 atom stereocenters. The van der Waals surface area contributed by atoms with E-state index in [9.17, 15) is 0 Å². The van der Waals surface area contributed by atoms with Crippen molar-refractivity contribution >= 4 is 0 Å². The Bertz CT molecular complexity index is 694. The van der Waals surface area contributed by atoms with Crippen LogP contribution in [0.4, 0.5) is 0 Å². The Kier molecular flexibility index (Phi) is 31.1. The molecule has 1 aromatic rings. The number of imidazole rings is 1. The fraction of sp³-hybridized carbons (Fsp3) is 0.930. The molecule has 0 aliphatic carbocycles. The second kappa shape index (κ2) is 33.1. The highest BCUT2D eigenvalue weighted by atomic mass is 15.1. The summed E-state index contributed by atoms with van der Waals surface area (Å²) in [5, 5.41) is 0. The zero-order valence-corrected chi connectivity index (χ0v) is 31.7. The van der Waals surface area contributed by atoms with Gasteiger partial charge in [-0.05, 0) is 26.2 Å². The van der Waals surface area contributed by atoms with Gasteiger partial charge in [0.05, 0.1) is 0 Å². The van der Waals surface area contributed by atoms with E-state index >= 15 is 0 Å². The van der Waals surface area contributed by atoms with Gasteiger partial charge in [0.2, 0.25) is 0 Å². The first kappa shape index (κ1) is 42.2. The first-order valence-electron chi connectivity index (χ1n) is 21.3. The molecule has 2 unspecified atom stereocenters. The highest BCUT2D eigenvalue weighted by Crippen LogP contribution is 2.31. The summed E-state index contributed by atoms with van der Waals surface area (Å²) in [5.74, 6) is 2.06. The molecule has 45 heavy (non-hydrogen) atoms. The minimum atomic E-state index is 0.587. The fourth-order valence-corrected chi connectivity index (χ4v) is 7.42. The normalized spacial score (nSPS) is 13.1. The molecule has 1 heterocycles. The summed E-state index contributed by atoms with van der Waals surface area (Å²) in [6, 6.07) is 0.587. The molecule has 0 aliphatic heterocycles. The molecule has 2 heteroatoms. The summed E-state index contributed by atoms with van der Waals surface area (Å²) in [4.78, 5) is 5.01. The lowest BCUT2D eigenvalue weighted by Gasteiger charge is -2.22. The minimum Gasteiger partial charge on any atom is -0.332 e. The van der Waals surface area contributed by atoms with Crippen molar-refractivity contribution in [2.24, 2.45) is 0 Å². The van der Waals surface area contributed by atoms with E-state index in [1.807, 2.05) is 0 Å². The third kappa shape index (κ3) is 25.0. The lowest BCUT2D eigenvalue weighted by atomic mass is 9.93. The Labute approximate surface area is 285 Å². The maximum Gasteiger partial charge on any atom is 0.111 e. The molecule has 1 rings (SSSR count). The van der Waals surface area contributed by atoms with Crippen LogP contribution < -0.4 is 0 Å². The van der Waals surface area contributed by atoms with Crippen LogP contribution in [0.1, 0.15) is 264 Å². The Morgan fingerprint density at radius 3 is 1.04 bits per heavy atom. The van der Waals surface area contributed by atoms with Gasteiger partial charge in [0.1, 0.15) is 5.82 Å². The third-order valence-corrected chi connectivity index (χ3v) is 10.6. The number of aromatic nitrogens is 2. The molecular formula is C43H84N2. The smallest absolute Gasteiger partial charge is 0.111 e. The standard InChI is InChI=1S/C43H84N2/c1-5-8-11-14-16-18-20-22-24-26-28-31-33-36-41(4)45-40-39-44-43(45)42(37-34-30-13-10-7-3)38-35-32-29-27-25-23-21-19-17-15-12-9-6-2/h39-42H,5-38H2,1-4H3. The van der Waals surface area contributed by atoms with Gasteiger partial charge in [-0.25, -0.2) is 4.98 Å². The molecule has 0 radical (unpaired) electrons. The van der Waals surface area contributed by atoms with E-state index in [0.29, 0.717) is 12.0 Å². The van der Waals surface area contributed by atoms with Gasteiger partial charge in [-0.15, -0.1) is 0 Å². The molecule has 0 amide bonds. The molecule has 0 spiro atoms. The van der Waals surface area contributed by atoms with Crippen molar-refractivity contribution in [2.45, 2.75) is 258 Å². The predicted octanol–water partition coefficient (Wildman–Crippen LogP) is 15.9. The van der Waals surface area contributed by atoms with Crippen molar-refractivity contribution in [1.82, 2.24) is 9.55 Å². The lowest BCUT2D eigenvalue weighted by Crippen LogP contribution is -2.13. The second-order valence-corrected chi connectivity index (χ2v) is 15.0. The molecule has 0 fully saturated rings. The monoisotopic (exact) mass is 629 g/mol. The minimum absolute atomic E-state index is 0.587. The number of nitrogens with zero attached hydrogens (tertiary/aromatic N) is 2. The van der Waals surface area contributed by atoms with Crippen molar-refractivity contribution in [1.29, 1.82) is 0 Å². The molecular weight excluding hydrogens is 544 g/mol. The van der Waals surface area contributed by atoms with Crippen LogP contribution >= 0.6 is 0 Å². The molecule has 266 valence electrons. The van der Waals surface area contributed by atoms with Crippen LogP contribution in [0.15, 0.2) is 12.4 Å². The van der Waals surface area contributed by atoms with E-state index in [-0.39, 0.29) is 0 Å². The van der Waals surface area contributed by atoms with Gasteiger partial charge in [-0.3, -0.25) is 0 Å². The van der Waals surface area contributed by atoms with Gasteiger partial charge in [0, 0.05) is 24.4 Å². The van der Waals surface area contributed by atoms with Crippen LogP contribution in [-0.2, 0) is 0 Å². The van der Waals surface area contributed by atoms with Gasteiger partial charge >= 0.3 is 0 Å².